The minimum atomic E-state index is -1.71. The second kappa shape index (κ2) is 7.16. The zero-order valence-corrected chi connectivity index (χ0v) is 16.1. The number of halogens is 2. The van der Waals surface area contributed by atoms with Crippen molar-refractivity contribution in [2.75, 3.05) is 17.6 Å². The summed E-state index contributed by atoms with van der Waals surface area (Å²) in [6.45, 7) is 12.2. The van der Waals surface area contributed by atoms with Crippen LogP contribution >= 0.6 is 27.7 Å². The van der Waals surface area contributed by atoms with Crippen LogP contribution in [0.15, 0.2) is 18.2 Å². The van der Waals surface area contributed by atoms with Crippen molar-refractivity contribution in [3.63, 3.8) is 0 Å². The zero-order chi connectivity index (χ0) is 15.4. The highest BCUT2D eigenvalue weighted by Crippen LogP contribution is 2.36. The lowest BCUT2D eigenvalue weighted by molar-refractivity contribution is 0.203. The zero-order valence-electron chi connectivity index (χ0n) is 12.7. The third-order valence-electron chi connectivity index (χ3n) is 3.65. The molecule has 0 radical (unpaired) electrons. The van der Waals surface area contributed by atoms with Crippen LogP contribution in [0.1, 0.15) is 20.8 Å². The first kappa shape index (κ1) is 17.8. The van der Waals surface area contributed by atoms with E-state index in [1.165, 1.54) is 0 Å². The number of hydrogen-bond donors (Lipinski definition) is 1. The number of anilines is 1. The second-order valence-corrected chi connectivity index (χ2v) is 11.8. The Bertz CT molecular complexity index is 449. The molecule has 1 rings (SSSR count). The van der Waals surface area contributed by atoms with Gasteiger partial charge in [-0.3, -0.25) is 0 Å². The summed E-state index contributed by atoms with van der Waals surface area (Å²) >= 11 is 9.27. The van der Waals surface area contributed by atoms with E-state index in [0.717, 1.165) is 5.69 Å². The molecule has 0 aliphatic rings. The van der Waals surface area contributed by atoms with E-state index in [0.29, 0.717) is 24.0 Å². The highest BCUT2D eigenvalue weighted by atomic mass is 79.9. The molecule has 114 valence electrons. The largest absolute Gasteiger partial charge is 0.490 e. The molecule has 0 unspecified atom stereocenters. The van der Waals surface area contributed by atoms with Gasteiger partial charge >= 0.3 is 0 Å². The first-order valence-electron chi connectivity index (χ1n) is 6.60. The van der Waals surface area contributed by atoms with Crippen LogP contribution in [0.5, 0.6) is 5.75 Å². The van der Waals surface area contributed by atoms with Crippen molar-refractivity contribution < 1.29 is 9.16 Å². The molecule has 0 saturated heterocycles. The van der Waals surface area contributed by atoms with Gasteiger partial charge < -0.3 is 13.5 Å². The van der Waals surface area contributed by atoms with Crippen LogP contribution in [0.25, 0.3) is 0 Å². The smallest absolute Gasteiger partial charge is 0.192 e. The molecule has 0 spiro atoms. The highest BCUT2D eigenvalue weighted by molar-refractivity contribution is 9.10. The second-order valence-electron chi connectivity index (χ2n) is 6.20. The number of nitrogens with one attached hydrogen (secondary N) is 1. The monoisotopic (exact) mass is 379 g/mol. The van der Waals surface area contributed by atoms with Gasteiger partial charge in [0.05, 0.1) is 11.6 Å². The molecule has 0 bridgehead atoms. The van der Waals surface area contributed by atoms with Gasteiger partial charge in [-0.15, -0.1) is 0 Å². The molecular weight excluding hydrogens is 358 g/mol. The Morgan fingerprint density at radius 1 is 1.25 bits per heavy atom. The van der Waals surface area contributed by atoms with Crippen LogP contribution in [0.4, 0.5) is 5.69 Å². The summed E-state index contributed by atoms with van der Waals surface area (Å²) in [4.78, 5) is 0. The van der Waals surface area contributed by atoms with Gasteiger partial charge in [-0.25, -0.2) is 0 Å². The number of ether oxygens (including phenoxy) is 1. The average molecular weight is 381 g/mol. The van der Waals surface area contributed by atoms with Crippen molar-refractivity contribution in [2.24, 2.45) is 0 Å². The van der Waals surface area contributed by atoms with Crippen LogP contribution < -0.4 is 9.08 Å². The van der Waals surface area contributed by atoms with Crippen molar-refractivity contribution >= 4 is 41.8 Å². The van der Waals surface area contributed by atoms with Crippen LogP contribution in [-0.2, 0) is 4.43 Å². The van der Waals surface area contributed by atoms with Gasteiger partial charge in [0.15, 0.2) is 8.32 Å². The lowest BCUT2D eigenvalue weighted by Crippen LogP contribution is -2.41. The highest BCUT2D eigenvalue weighted by Gasteiger charge is 2.36. The maximum absolute atomic E-state index is 6.09. The van der Waals surface area contributed by atoms with E-state index in [2.05, 4.69) is 54.4 Å². The third-order valence-corrected chi connectivity index (χ3v) is 8.96. The van der Waals surface area contributed by atoms with Crippen molar-refractivity contribution in [1.82, 2.24) is 0 Å². The van der Waals surface area contributed by atoms with Crippen LogP contribution in [-0.4, -0.2) is 21.5 Å². The molecule has 0 aliphatic carbocycles. The van der Waals surface area contributed by atoms with E-state index < -0.39 is 8.32 Å². The maximum atomic E-state index is 6.09. The van der Waals surface area contributed by atoms with Crippen molar-refractivity contribution in [2.45, 2.75) is 38.9 Å². The molecule has 0 fully saturated rings. The van der Waals surface area contributed by atoms with Gasteiger partial charge in [0, 0.05) is 27.9 Å². The molecule has 0 atom stereocenters. The first-order chi connectivity index (χ1) is 9.17. The minimum absolute atomic E-state index is 0.213. The summed E-state index contributed by atoms with van der Waals surface area (Å²) in [5, 5.41) is 0.814. The van der Waals surface area contributed by atoms with Crippen LogP contribution in [0, 0.1) is 0 Å². The van der Waals surface area contributed by atoms with Gasteiger partial charge in [0.25, 0.3) is 0 Å². The normalized spacial score (nSPS) is 12.3. The van der Waals surface area contributed by atoms with E-state index in [9.17, 15) is 0 Å². The maximum Gasteiger partial charge on any atom is 0.192 e. The summed E-state index contributed by atoms with van der Waals surface area (Å²) in [6.07, 6.45) is 0. The molecule has 0 aromatic heterocycles. The predicted octanol–water partition coefficient (Wildman–Crippen LogP) is 5.46. The Hall–Kier alpha value is -0.233. The molecule has 0 amide bonds. The Kier molecular flexibility index (Phi) is 6.38. The lowest BCUT2D eigenvalue weighted by Gasteiger charge is -2.36. The average Bonchev–Trinajstić information content (AvgIpc) is 2.35. The number of benzene rings is 1. The predicted molar refractivity (Wildman–Crippen MR) is 92.6 cm³/mol. The molecule has 1 aromatic rings. The summed E-state index contributed by atoms with van der Waals surface area (Å²) in [5.74, 6) is 0.662. The van der Waals surface area contributed by atoms with E-state index >= 15 is 0 Å². The van der Waals surface area contributed by atoms with E-state index in [1.54, 1.807) is 6.07 Å². The van der Waals surface area contributed by atoms with Gasteiger partial charge in [0.2, 0.25) is 0 Å². The van der Waals surface area contributed by atoms with Crippen molar-refractivity contribution in [1.29, 1.82) is 0 Å². The van der Waals surface area contributed by atoms with Crippen LogP contribution in [0.2, 0.25) is 23.2 Å². The van der Waals surface area contributed by atoms with E-state index in [-0.39, 0.29) is 5.04 Å². The molecule has 3 nitrogen and oxygen atoms in total. The molecule has 0 heterocycles. The Morgan fingerprint density at radius 3 is 2.45 bits per heavy atom. The molecule has 0 aliphatic heterocycles. The van der Waals surface area contributed by atoms with E-state index in [4.69, 9.17) is 20.8 Å². The molecule has 0 saturated carbocycles. The molecular formula is C14H23BrClNO2Si. The van der Waals surface area contributed by atoms with Crippen LogP contribution in [0.3, 0.4) is 0 Å². The molecule has 6 heteroatoms. The van der Waals surface area contributed by atoms with Gasteiger partial charge in [-0.05, 0) is 30.3 Å². The first-order valence-corrected chi connectivity index (χ1v) is 10.7. The molecule has 1 aromatic carbocycles. The summed E-state index contributed by atoms with van der Waals surface area (Å²) < 4.78 is 14.6. The fourth-order valence-corrected chi connectivity index (χ4v) is 2.78. The SMILES string of the molecule is CC(C)(C)[Si](C)(C)OCCOc1cc(NBr)ccc1Cl. The lowest BCUT2D eigenvalue weighted by atomic mass is 10.2. The van der Waals surface area contributed by atoms with Gasteiger partial charge in [-0.2, -0.15) is 0 Å². The summed E-state index contributed by atoms with van der Waals surface area (Å²) in [7, 11) is -1.71. The fraction of sp³-hybridized carbons (Fsp3) is 0.571. The standard InChI is InChI=1S/C14H23BrClNO2Si/c1-14(2,3)20(4,5)19-9-8-18-13-10-11(17-15)6-7-12(13)16/h6-7,10,17H,8-9H2,1-5H3. The Morgan fingerprint density at radius 2 is 1.90 bits per heavy atom. The third kappa shape index (κ3) is 4.95. The van der Waals surface area contributed by atoms with Gasteiger partial charge in [-0.1, -0.05) is 32.4 Å². The van der Waals surface area contributed by atoms with Crippen molar-refractivity contribution in [3.05, 3.63) is 23.2 Å². The Balaban J connectivity index is 2.49. The number of rotatable bonds is 6. The van der Waals surface area contributed by atoms with E-state index in [1.807, 2.05) is 12.1 Å². The fourth-order valence-electron chi connectivity index (χ4n) is 1.34. The number of hydrogen-bond acceptors (Lipinski definition) is 3. The quantitative estimate of drug-likeness (QED) is 0.403. The minimum Gasteiger partial charge on any atom is -0.490 e. The summed E-state index contributed by atoms with van der Waals surface area (Å²) in [6, 6.07) is 5.52. The molecule has 20 heavy (non-hydrogen) atoms. The topological polar surface area (TPSA) is 30.5 Å². The summed E-state index contributed by atoms with van der Waals surface area (Å²) in [5.41, 5.74) is 0.898. The van der Waals surface area contributed by atoms with Crippen molar-refractivity contribution in [3.8, 4) is 5.75 Å². The molecule has 1 N–H and O–H groups in total. The van der Waals surface area contributed by atoms with Gasteiger partial charge in [0.1, 0.15) is 12.4 Å². The Labute approximate surface area is 136 Å².